The Hall–Kier alpha value is -2.58. The Morgan fingerprint density at radius 2 is 1.75 bits per heavy atom. The molecule has 0 bridgehead atoms. The molecule has 0 atom stereocenters. The average molecular weight is 469 g/mol. The Labute approximate surface area is 169 Å². The molecule has 0 aliphatic carbocycles. The summed E-state index contributed by atoms with van der Waals surface area (Å²) >= 11 is 9.21. The second-order valence-electron chi connectivity index (χ2n) is 6.02. The molecular weight excluding hydrogens is 459 g/mol. The minimum atomic E-state index is -4.74. The number of halogens is 5. The Morgan fingerprint density at radius 3 is 2.39 bits per heavy atom. The van der Waals surface area contributed by atoms with Crippen LogP contribution in [0.15, 0.2) is 63.9 Å². The van der Waals surface area contributed by atoms with Gasteiger partial charge in [-0.05, 0) is 35.4 Å². The van der Waals surface area contributed by atoms with Crippen LogP contribution < -0.4 is 5.56 Å². The van der Waals surface area contributed by atoms with Gasteiger partial charge in [0.15, 0.2) is 5.69 Å². The normalized spacial score (nSPS) is 11.9. The van der Waals surface area contributed by atoms with Gasteiger partial charge in [0, 0.05) is 15.6 Å². The lowest BCUT2D eigenvalue weighted by atomic mass is 10.1. The lowest BCUT2D eigenvalue weighted by Crippen LogP contribution is -2.15. The number of nitrogens with zero attached hydrogens (tertiary/aromatic N) is 2. The molecule has 1 N–H and O–H groups in total. The molecule has 0 spiro atoms. The van der Waals surface area contributed by atoms with Gasteiger partial charge in [0.2, 0.25) is 0 Å². The summed E-state index contributed by atoms with van der Waals surface area (Å²) in [5.41, 5.74) is -0.804. The first-order chi connectivity index (χ1) is 13.2. The predicted molar refractivity (Wildman–Crippen MR) is 104 cm³/mol. The van der Waals surface area contributed by atoms with E-state index in [0.717, 1.165) is 8.99 Å². The van der Waals surface area contributed by atoms with E-state index in [1.54, 1.807) is 24.3 Å². The molecule has 0 saturated heterocycles. The molecule has 4 aromatic rings. The Balaban J connectivity index is 2.07. The van der Waals surface area contributed by atoms with E-state index in [4.69, 9.17) is 11.6 Å². The summed E-state index contributed by atoms with van der Waals surface area (Å²) in [6, 6.07) is 14.2. The molecule has 0 fully saturated rings. The highest BCUT2D eigenvalue weighted by Gasteiger charge is 2.39. The van der Waals surface area contributed by atoms with E-state index >= 15 is 0 Å². The van der Waals surface area contributed by atoms with Gasteiger partial charge in [-0.15, -0.1) is 0 Å². The van der Waals surface area contributed by atoms with Crippen LogP contribution in [-0.4, -0.2) is 14.6 Å². The lowest BCUT2D eigenvalue weighted by Gasteiger charge is -2.08. The number of alkyl halides is 3. The van der Waals surface area contributed by atoms with Gasteiger partial charge < -0.3 is 4.98 Å². The molecule has 0 radical (unpaired) electrons. The molecule has 9 heteroatoms. The number of fused-ring (bicyclic) bond motifs is 1. The standard InChI is InChI=1S/C19H10BrClF3N3O/c20-12-3-1-2-11(8-12)14-9-15(28)27-18(25-14)16(17(26-27)19(22,23)24)10-4-6-13(21)7-5-10/h1-9,25H. The second kappa shape index (κ2) is 6.79. The average Bonchev–Trinajstić information content (AvgIpc) is 3.03. The molecule has 4 nitrogen and oxygen atoms in total. The van der Waals surface area contributed by atoms with Crippen LogP contribution in [-0.2, 0) is 6.18 Å². The zero-order valence-electron chi connectivity index (χ0n) is 13.9. The first-order valence-corrected chi connectivity index (χ1v) is 9.16. The number of aromatic amines is 1. The highest BCUT2D eigenvalue weighted by Crippen LogP contribution is 2.38. The number of H-pyrrole nitrogens is 1. The number of benzene rings is 2. The molecule has 0 unspecified atom stereocenters. The maximum Gasteiger partial charge on any atom is 0.435 e. The number of hydrogen-bond acceptors (Lipinski definition) is 2. The van der Waals surface area contributed by atoms with E-state index in [1.807, 2.05) is 0 Å². The molecule has 142 valence electrons. The monoisotopic (exact) mass is 467 g/mol. The molecule has 0 saturated carbocycles. The maximum absolute atomic E-state index is 13.6. The third-order valence-electron chi connectivity index (χ3n) is 4.15. The summed E-state index contributed by atoms with van der Waals surface area (Å²) in [4.78, 5) is 15.4. The Kier molecular flexibility index (Phi) is 4.55. The van der Waals surface area contributed by atoms with Gasteiger partial charge in [-0.1, -0.05) is 51.8 Å². The second-order valence-corrected chi connectivity index (χ2v) is 7.37. The molecule has 0 aliphatic heterocycles. The van der Waals surface area contributed by atoms with Gasteiger partial charge in [0.05, 0.1) is 11.3 Å². The summed E-state index contributed by atoms with van der Waals surface area (Å²) in [5.74, 6) is 0. The van der Waals surface area contributed by atoms with Crippen molar-refractivity contribution in [3.05, 3.63) is 80.1 Å². The highest BCUT2D eigenvalue weighted by atomic mass is 79.9. The Bertz CT molecular complexity index is 1250. The molecule has 0 amide bonds. The number of aromatic nitrogens is 3. The van der Waals surface area contributed by atoms with Gasteiger partial charge in [0.1, 0.15) is 5.65 Å². The first kappa shape index (κ1) is 18.8. The first-order valence-electron chi connectivity index (χ1n) is 7.99. The van der Waals surface area contributed by atoms with Crippen molar-refractivity contribution in [2.75, 3.05) is 0 Å². The topological polar surface area (TPSA) is 50.2 Å². The summed E-state index contributed by atoms with van der Waals surface area (Å²) < 4.78 is 42.4. The van der Waals surface area contributed by atoms with Gasteiger partial charge in [-0.25, -0.2) is 0 Å². The molecule has 28 heavy (non-hydrogen) atoms. The molecule has 2 aromatic carbocycles. The smallest absolute Gasteiger partial charge is 0.339 e. The van der Waals surface area contributed by atoms with Crippen molar-refractivity contribution >= 4 is 33.2 Å². The van der Waals surface area contributed by atoms with Crippen molar-refractivity contribution in [2.45, 2.75) is 6.18 Å². The van der Waals surface area contributed by atoms with Gasteiger partial charge in [0.25, 0.3) is 5.56 Å². The van der Waals surface area contributed by atoms with Crippen molar-refractivity contribution in [1.29, 1.82) is 0 Å². The summed E-state index contributed by atoms with van der Waals surface area (Å²) in [6.45, 7) is 0. The van der Waals surface area contributed by atoms with E-state index in [9.17, 15) is 18.0 Å². The van der Waals surface area contributed by atoms with Crippen molar-refractivity contribution in [2.24, 2.45) is 0 Å². The van der Waals surface area contributed by atoms with Crippen molar-refractivity contribution < 1.29 is 13.2 Å². The molecule has 2 heterocycles. The minimum absolute atomic E-state index is 0.0443. The van der Waals surface area contributed by atoms with Crippen LogP contribution in [0, 0.1) is 0 Å². The lowest BCUT2D eigenvalue weighted by molar-refractivity contribution is -0.140. The maximum atomic E-state index is 13.6. The van der Waals surface area contributed by atoms with Crippen LogP contribution in [0.2, 0.25) is 5.02 Å². The van der Waals surface area contributed by atoms with E-state index in [2.05, 4.69) is 26.0 Å². The highest BCUT2D eigenvalue weighted by molar-refractivity contribution is 9.10. The summed E-state index contributed by atoms with van der Waals surface area (Å²) in [6.07, 6.45) is -4.74. The van der Waals surface area contributed by atoms with Gasteiger partial charge in [-0.3, -0.25) is 4.79 Å². The summed E-state index contributed by atoms with van der Waals surface area (Å²) in [7, 11) is 0. The number of nitrogens with one attached hydrogen (secondary N) is 1. The van der Waals surface area contributed by atoms with Crippen molar-refractivity contribution in [3.8, 4) is 22.4 Å². The van der Waals surface area contributed by atoms with Crippen molar-refractivity contribution in [1.82, 2.24) is 14.6 Å². The fraction of sp³-hybridized carbons (Fsp3) is 0.0526. The zero-order chi connectivity index (χ0) is 20.1. The van der Waals surface area contributed by atoms with Gasteiger partial charge in [-0.2, -0.15) is 22.8 Å². The fourth-order valence-corrected chi connectivity index (χ4v) is 3.47. The number of hydrogen-bond donors (Lipinski definition) is 1. The molecule has 4 rings (SSSR count). The quantitative estimate of drug-likeness (QED) is 0.405. The van der Waals surface area contributed by atoms with E-state index in [-0.39, 0.29) is 16.8 Å². The molecular formula is C19H10BrClF3N3O. The zero-order valence-corrected chi connectivity index (χ0v) is 16.2. The van der Waals surface area contributed by atoms with Crippen molar-refractivity contribution in [3.63, 3.8) is 0 Å². The minimum Gasteiger partial charge on any atom is -0.339 e. The van der Waals surface area contributed by atoms with Crippen LogP contribution in [0.1, 0.15) is 5.69 Å². The predicted octanol–water partition coefficient (Wildman–Crippen LogP) is 5.79. The number of rotatable bonds is 2. The Morgan fingerprint density at radius 1 is 1.04 bits per heavy atom. The van der Waals surface area contributed by atoms with E-state index in [0.29, 0.717) is 16.3 Å². The van der Waals surface area contributed by atoms with Gasteiger partial charge >= 0.3 is 6.18 Å². The fourth-order valence-electron chi connectivity index (χ4n) is 2.94. The molecule has 2 aromatic heterocycles. The van der Waals surface area contributed by atoms with E-state index in [1.165, 1.54) is 30.3 Å². The van der Waals surface area contributed by atoms with Crippen LogP contribution >= 0.6 is 27.5 Å². The molecule has 0 aliphatic rings. The van der Waals surface area contributed by atoms with Crippen LogP contribution in [0.25, 0.3) is 28.0 Å². The third-order valence-corrected chi connectivity index (χ3v) is 4.90. The summed E-state index contributed by atoms with van der Waals surface area (Å²) in [5, 5.41) is 3.93. The SMILES string of the molecule is O=c1cc(-c2cccc(Br)c2)[nH]c2c(-c3ccc(Cl)cc3)c(C(F)(F)F)nn12. The van der Waals surface area contributed by atoms with E-state index < -0.39 is 17.4 Å². The van der Waals surface area contributed by atoms with Crippen LogP contribution in [0.4, 0.5) is 13.2 Å². The largest absolute Gasteiger partial charge is 0.435 e. The third kappa shape index (κ3) is 3.33. The van der Waals surface area contributed by atoms with Crippen LogP contribution in [0.5, 0.6) is 0 Å². The van der Waals surface area contributed by atoms with Crippen LogP contribution in [0.3, 0.4) is 0 Å².